The van der Waals surface area contributed by atoms with E-state index in [-0.39, 0.29) is 47.1 Å². The first-order valence-electron chi connectivity index (χ1n) is 10.4. The summed E-state index contributed by atoms with van der Waals surface area (Å²) in [6.07, 6.45) is 12.8. The zero-order chi connectivity index (χ0) is 20.6. The molecule has 152 valence electrons. The van der Waals surface area contributed by atoms with Crippen molar-refractivity contribution in [3.8, 4) is 0 Å². The molecular formula is C24H26O5. The van der Waals surface area contributed by atoms with Crippen molar-refractivity contribution < 1.29 is 23.9 Å². The molecule has 0 aromatic carbocycles. The summed E-state index contributed by atoms with van der Waals surface area (Å²) in [6, 6.07) is 0. The lowest BCUT2D eigenvalue weighted by Gasteiger charge is -2.54. The second kappa shape index (κ2) is 5.88. The summed E-state index contributed by atoms with van der Waals surface area (Å²) >= 11 is 0. The minimum absolute atomic E-state index is 0.0244. The molecule has 1 saturated heterocycles. The molecule has 0 N–H and O–H groups in total. The van der Waals surface area contributed by atoms with Gasteiger partial charge in [0.15, 0.2) is 18.2 Å². The Morgan fingerprint density at radius 3 is 2.90 bits per heavy atom. The van der Waals surface area contributed by atoms with E-state index in [9.17, 15) is 14.4 Å². The second-order valence-electron chi connectivity index (χ2n) is 9.26. The van der Waals surface area contributed by atoms with Crippen LogP contribution in [0, 0.1) is 22.7 Å². The number of carbonyl (C=O) groups is 3. The molecule has 2 saturated carbocycles. The highest BCUT2D eigenvalue weighted by Crippen LogP contribution is 2.74. The Morgan fingerprint density at radius 2 is 2.17 bits per heavy atom. The fourth-order valence-corrected chi connectivity index (χ4v) is 6.93. The van der Waals surface area contributed by atoms with E-state index in [4.69, 9.17) is 9.47 Å². The Hall–Kier alpha value is -2.27. The third-order valence-electron chi connectivity index (χ3n) is 8.23. The van der Waals surface area contributed by atoms with Gasteiger partial charge < -0.3 is 9.47 Å². The number of epoxide rings is 1. The normalized spacial score (nSPS) is 43.8. The molecule has 3 fully saturated rings. The maximum atomic E-state index is 12.9. The highest BCUT2D eigenvalue weighted by molar-refractivity contribution is 6.01. The number of ether oxygens (including phenoxy) is 2. The van der Waals surface area contributed by atoms with Crippen LogP contribution in [0.3, 0.4) is 0 Å². The fourth-order valence-electron chi connectivity index (χ4n) is 6.93. The summed E-state index contributed by atoms with van der Waals surface area (Å²) in [5, 5.41) is 0. The monoisotopic (exact) mass is 394 g/mol. The summed E-state index contributed by atoms with van der Waals surface area (Å²) in [5.41, 5.74) is 0.897. The van der Waals surface area contributed by atoms with Gasteiger partial charge in [-0.05, 0) is 56.6 Å². The molecule has 6 atom stereocenters. The minimum Gasteiger partial charge on any atom is -0.457 e. The SMILES string of the molecule is C=C[C@]12CC3OC34C(CCC3=CC(=O)C=C[C@@]34C)C1CC=C2C(=O)COC(C)=O. The minimum atomic E-state index is -0.451. The first-order valence-corrected chi connectivity index (χ1v) is 10.4. The van der Waals surface area contributed by atoms with E-state index in [1.54, 1.807) is 12.2 Å². The zero-order valence-corrected chi connectivity index (χ0v) is 16.9. The van der Waals surface area contributed by atoms with E-state index >= 15 is 0 Å². The molecule has 4 unspecified atom stereocenters. The topological polar surface area (TPSA) is 73.0 Å². The molecule has 5 aliphatic rings. The molecule has 5 nitrogen and oxygen atoms in total. The van der Waals surface area contributed by atoms with Crippen LogP contribution in [0.4, 0.5) is 0 Å². The predicted molar refractivity (Wildman–Crippen MR) is 106 cm³/mol. The molecule has 0 bridgehead atoms. The molecular weight excluding hydrogens is 368 g/mol. The number of hydrogen-bond donors (Lipinski definition) is 0. The highest BCUT2D eigenvalue weighted by atomic mass is 16.6. The summed E-state index contributed by atoms with van der Waals surface area (Å²) in [5.74, 6) is -0.00961. The standard InChI is InChI=1S/C24H26O5/c1-4-23-12-21-24(29-21)18(6-5-15-11-16(26)9-10-22(15,24)3)17(23)7-8-19(23)20(27)13-28-14(2)25/h4,8-11,17-18,21H,1,5-7,12-13H2,2-3H3/t17?,18?,21?,22-,23-,24?/m0/s1. The van der Waals surface area contributed by atoms with E-state index in [2.05, 4.69) is 13.5 Å². The van der Waals surface area contributed by atoms with Crippen LogP contribution in [-0.4, -0.2) is 35.8 Å². The van der Waals surface area contributed by atoms with Gasteiger partial charge in [-0.2, -0.15) is 0 Å². The lowest BCUT2D eigenvalue weighted by atomic mass is 9.47. The van der Waals surface area contributed by atoms with Crippen LogP contribution < -0.4 is 0 Å². The summed E-state index contributed by atoms with van der Waals surface area (Å²) in [6.45, 7) is 7.40. The number of esters is 1. The molecule has 4 aliphatic carbocycles. The number of ketones is 2. The number of fused-ring (bicyclic) bond motifs is 3. The molecule has 29 heavy (non-hydrogen) atoms. The largest absolute Gasteiger partial charge is 0.457 e. The molecule has 1 spiro atoms. The van der Waals surface area contributed by atoms with E-state index in [1.807, 2.05) is 18.2 Å². The van der Waals surface area contributed by atoms with Crippen molar-refractivity contribution in [2.45, 2.75) is 51.2 Å². The third kappa shape index (κ3) is 2.22. The maximum absolute atomic E-state index is 12.9. The highest BCUT2D eigenvalue weighted by Gasteiger charge is 2.78. The van der Waals surface area contributed by atoms with Gasteiger partial charge in [0.1, 0.15) is 5.60 Å². The van der Waals surface area contributed by atoms with Crippen molar-refractivity contribution in [1.82, 2.24) is 0 Å². The van der Waals surface area contributed by atoms with Gasteiger partial charge in [-0.25, -0.2) is 0 Å². The van der Waals surface area contributed by atoms with Crippen molar-refractivity contribution in [3.63, 3.8) is 0 Å². The average molecular weight is 394 g/mol. The van der Waals surface area contributed by atoms with E-state index < -0.39 is 11.4 Å². The van der Waals surface area contributed by atoms with Gasteiger partial charge >= 0.3 is 5.97 Å². The van der Waals surface area contributed by atoms with Gasteiger partial charge in [-0.1, -0.05) is 23.8 Å². The number of hydrogen-bond acceptors (Lipinski definition) is 5. The van der Waals surface area contributed by atoms with Crippen LogP contribution in [0.15, 0.2) is 48.1 Å². The Labute approximate surface area is 170 Å². The Bertz CT molecular complexity index is 939. The van der Waals surface area contributed by atoms with Crippen molar-refractivity contribution in [2.24, 2.45) is 22.7 Å². The van der Waals surface area contributed by atoms with E-state index in [1.165, 1.54) is 12.5 Å². The van der Waals surface area contributed by atoms with Gasteiger partial charge in [-0.15, -0.1) is 6.58 Å². The molecule has 1 heterocycles. The van der Waals surface area contributed by atoms with Crippen molar-refractivity contribution in [3.05, 3.63) is 48.1 Å². The van der Waals surface area contributed by atoms with Gasteiger partial charge in [0.2, 0.25) is 0 Å². The van der Waals surface area contributed by atoms with Crippen molar-refractivity contribution >= 4 is 17.5 Å². The number of rotatable bonds is 4. The van der Waals surface area contributed by atoms with E-state index in [0.717, 1.165) is 24.8 Å². The third-order valence-corrected chi connectivity index (χ3v) is 8.23. The molecule has 5 rings (SSSR count). The van der Waals surface area contributed by atoms with Gasteiger partial charge in [-0.3, -0.25) is 14.4 Å². The molecule has 0 radical (unpaired) electrons. The summed E-state index contributed by atoms with van der Waals surface area (Å²) < 4.78 is 11.5. The quantitative estimate of drug-likeness (QED) is 0.416. The molecule has 1 aliphatic heterocycles. The Balaban J connectivity index is 1.49. The van der Waals surface area contributed by atoms with Crippen molar-refractivity contribution in [2.75, 3.05) is 6.61 Å². The van der Waals surface area contributed by atoms with E-state index in [0.29, 0.717) is 6.42 Å². The predicted octanol–water partition coefficient (Wildman–Crippen LogP) is 3.26. The number of carbonyl (C=O) groups excluding carboxylic acids is 3. The fraction of sp³-hybridized carbons (Fsp3) is 0.542. The van der Waals surface area contributed by atoms with Crippen LogP contribution in [0.5, 0.6) is 0 Å². The van der Waals surface area contributed by atoms with Crippen LogP contribution in [0.2, 0.25) is 0 Å². The Kier molecular flexibility index (Phi) is 3.80. The molecule has 0 aromatic heterocycles. The number of allylic oxidation sites excluding steroid dienone is 4. The molecule has 0 aromatic rings. The van der Waals surface area contributed by atoms with Crippen LogP contribution in [-0.2, 0) is 23.9 Å². The van der Waals surface area contributed by atoms with Gasteiger partial charge in [0, 0.05) is 23.3 Å². The van der Waals surface area contributed by atoms with Gasteiger partial charge in [0.25, 0.3) is 0 Å². The zero-order valence-electron chi connectivity index (χ0n) is 16.9. The first-order chi connectivity index (χ1) is 13.8. The average Bonchev–Trinajstić information content (AvgIpc) is 3.29. The van der Waals surface area contributed by atoms with Gasteiger partial charge in [0.05, 0.1) is 6.10 Å². The first kappa shape index (κ1) is 18.7. The summed E-state index contributed by atoms with van der Waals surface area (Å²) in [7, 11) is 0. The lowest BCUT2D eigenvalue weighted by Crippen LogP contribution is -2.56. The second-order valence-corrected chi connectivity index (χ2v) is 9.26. The molecule has 5 heteroatoms. The van der Waals surface area contributed by atoms with Crippen LogP contribution >= 0.6 is 0 Å². The smallest absolute Gasteiger partial charge is 0.303 e. The Morgan fingerprint density at radius 1 is 1.38 bits per heavy atom. The maximum Gasteiger partial charge on any atom is 0.303 e. The molecule has 0 amide bonds. The summed E-state index contributed by atoms with van der Waals surface area (Å²) in [4.78, 5) is 36.0. The van der Waals surface area contributed by atoms with Crippen molar-refractivity contribution in [1.29, 1.82) is 0 Å². The number of Topliss-reactive ketones (excluding diaryl/α,β-unsaturated/α-hetero) is 1. The van der Waals surface area contributed by atoms with Crippen LogP contribution in [0.1, 0.15) is 39.5 Å². The van der Waals surface area contributed by atoms with Crippen LogP contribution in [0.25, 0.3) is 0 Å². The lowest BCUT2D eigenvalue weighted by molar-refractivity contribution is -0.145.